The molecule has 0 amide bonds. The Kier molecular flexibility index (Phi) is 4.34. The van der Waals surface area contributed by atoms with Gasteiger partial charge >= 0.3 is 0 Å². The highest BCUT2D eigenvalue weighted by atomic mass is 35.5. The summed E-state index contributed by atoms with van der Waals surface area (Å²) in [6.07, 6.45) is 0. The quantitative estimate of drug-likeness (QED) is 0.679. The zero-order valence-corrected chi connectivity index (χ0v) is 12.8. The van der Waals surface area contributed by atoms with Crippen molar-refractivity contribution in [2.45, 2.75) is 11.8 Å². The molecular weight excluding hydrogens is 335 g/mol. The molecule has 2 rings (SSSR count). The van der Waals surface area contributed by atoms with Gasteiger partial charge in [-0.25, -0.2) is 12.8 Å². The normalized spacial score (nSPS) is 11.2. The van der Waals surface area contributed by atoms with Crippen LogP contribution in [0.3, 0.4) is 0 Å². The van der Waals surface area contributed by atoms with Crippen LogP contribution in [0, 0.1) is 22.9 Å². The van der Waals surface area contributed by atoms with E-state index in [2.05, 4.69) is 4.72 Å². The summed E-state index contributed by atoms with van der Waals surface area (Å²) in [5.41, 5.74) is -0.247. The van der Waals surface area contributed by atoms with Gasteiger partial charge in [0.15, 0.2) is 0 Å². The van der Waals surface area contributed by atoms with Gasteiger partial charge in [-0.15, -0.1) is 0 Å². The lowest BCUT2D eigenvalue weighted by atomic mass is 10.2. The van der Waals surface area contributed by atoms with Crippen LogP contribution in [-0.4, -0.2) is 13.3 Å². The molecule has 0 aliphatic heterocycles. The Balaban J connectivity index is 2.48. The van der Waals surface area contributed by atoms with Gasteiger partial charge in [0.2, 0.25) is 0 Å². The summed E-state index contributed by atoms with van der Waals surface area (Å²) in [6.45, 7) is 1.41. The molecule has 0 saturated heterocycles. The second kappa shape index (κ2) is 5.90. The van der Waals surface area contributed by atoms with Crippen LogP contribution >= 0.6 is 11.6 Å². The van der Waals surface area contributed by atoms with E-state index in [9.17, 15) is 22.9 Å². The van der Waals surface area contributed by atoms with Gasteiger partial charge in [0.05, 0.1) is 20.5 Å². The summed E-state index contributed by atoms with van der Waals surface area (Å²) in [4.78, 5) is 9.84. The summed E-state index contributed by atoms with van der Waals surface area (Å²) in [6, 6.07) is 6.84. The zero-order valence-electron chi connectivity index (χ0n) is 11.2. The fourth-order valence-electron chi connectivity index (χ4n) is 1.75. The van der Waals surface area contributed by atoms with E-state index in [4.69, 9.17) is 11.6 Å². The highest BCUT2D eigenvalue weighted by Crippen LogP contribution is 2.30. The maximum Gasteiger partial charge on any atom is 0.275 e. The maximum atomic E-state index is 13.1. The first-order valence-electron chi connectivity index (χ1n) is 5.93. The number of hydrogen-bond acceptors (Lipinski definition) is 4. The molecule has 9 heteroatoms. The number of nitro benzene ring substituents is 1. The van der Waals surface area contributed by atoms with Gasteiger partial charge in [-0.1, -0.05) is 17.7 Å². The molecule has 0 radical (unpaired) electrons. The Hall–Kier alpha value is -2.19. The molecule has 0 aliphatic carbocycles. The van der Waals surface area contributed by atoms with E-state index in [1.807, 2.05) is 0 Å². The van der Waals surface area contributed by atoms with Gasteiger partial charge in [0, 0.05) is 11.6 Å². The van der Waals surface area contributed by atoms with Gasteiger partial charge in [-0.3, -0.25) is 14.8 Å². The molecule has 0 bridgehead atoms. The van der Waals surface area contributed by atoms with E-state index < -0.39 is 26.5 Å². The van der Waals surface area contributed by atoms with E-state index in [1.165, 1.54) is 19.1 Å². The van der Waals surface area contributed by atoms with Crippen molar-refractivity contribution in [1.29, 1.82) is 0 Å². The molecule has 116 valence electrons. The van der Waals surface area contributed by atoms with Gasteiger partial charge in [-0.2, -0.15) is 0 Å². The first-order chi connectivity index (χ1) is 10.2. The van der Waals surface area contributed by atoms with E-state index in [-0.39, 0.29) is 21.2 Å². The first kappa shape index (κ1) is 16.2. The second-order valence-corrected chi connectivity index (χ2v) is 6.51. The maximum absolute atomic E-state index is 13.1. The van der Waals surface area contributed by atoms with Crippen LogP contribution in [-0.2, 0) is 10.0 Å². The summed E-state index contributed by atoms with van der Waals surface area (Å²) < 4.78 is 39.7. The molecule has 2 aromatic rings. The summed E-state index contributed by atoms with van der Waals surface area (Å²) in [5, 5.41) is 10.9. The molecule has 0 unspecified atom stereocenters. The highest BCUT2D eigenvalue weighted by molar-refractivity contribution is 7.92. The van der Waals surface area contributed by atoms with Crippen LogP contribution in [0.1, 0.15) is 5.56 Å². The van der Waals surface area contributed by atoms with Crippen LogP contribution in [0.5, 0.6) is 0 Å². The number of rotatable bonds is 4. The van der Waals surface area contributed by atoms with Crippen molar-refractivity contribution < 1.29 is 17.7 Å². The van der Waals surface area contributed by atoms with E-state index in [0.717, 1.165) is 24.3 Å². The van der Waals surface area contributed by atoms with Crippen molar-refractivity contribution in [2.75, 3.05) is 4.72 Å². The van der Waals surface area contributed by atoms with Gasteiger partial charge < -0.3 is 0 Å². The molecule has 6 nitrogen and oxygen atoms in total. The predicted octanol–water partition coefficient (Wildman–Crippen LogP) is 3.50. The third-order valence-electron chi connectivity index (χ3n) is 2.87. The van der Waals surface area contributed by atoms with Crippen LogP contribution in [0.4, 0.5) is 15.8 Å². The second-order valence-electron chi connectivity index (χ2n) is 4.42. The third kappa shape index (κ3) is 3.34. The minimum absolute atomic E-state index is 0.000601. The Morgan fingerprint density at radius 2 is 1.95 bits per heavy atom. The summed E-state index contributed by atoms with van der Waals surface area (Å²) in [7, 11) is -4.13. The summed E-state index contributed by atoms with van der Waals surface area (Å²) >= 11 is 5.84. The lowest BCUT2D eigenvalue weighted by molar-refractivity contribution is -0.385. The molecule has 0 saturated carbocycles. The molecule has 0 aromatic heterocycles. The van der Waals surface area contributed by atoms with Crippen molar-refractivity contribution in [1.82, 2.24) is 0 Å². The van der Waals surface area contributed by atoms with Crippen LogP contribution in [0.2, 0.25) is 5.02 Å². The molecule has 2 aromatic carbocycles. The van der Waals surface area contributed by atoms with Crippen LogP contribution < -0.4 is 4.72 Å². The number of nitrogens with zero attached hydrogens (tertiary/aromatic N) is 1. The molecular formula is C13H10ClFN2O4S. The SMILES string of the molecule is Cc1c(Cl)cc(S(=O)(=O)Nc2cccc(F)c2)cc1[N+](=O)[O-]. The van der Waals surface area contributed by atoms with Gasteiger partial charge in [-0.05, 0) is 31.2 Å². The lowest BCUT2D eigenvalue weighted by Crippen LogP contribution is -2.13. The molecule has 1 N–H and O–H groups in total. The minimum atomic E-state index is -4.13. The van der Waals surface area contributed by atoms with Crippen molar-refractivity contribution in [2.24, 2.45) is 0 Å². The number of halogens is 2. The monoisotopic (exact) mass is 344 g/mol. The van der Waals surface area contributed by atoms with Crippen molar-refractivity contribution in [3.63, 3.8) is 0 Å². The minimum Gasteiger partial charge on any atom is -0.280 e. The molecule has 0 atom stereocenters. The average molecular weight is 345 g/mol. The van der Waals surface area contributed by atoms with Gasteiger partial charge in [0.1, 0.15) is 5.82 Å². The number of anilines is 1. The Morgan fingerprint density at radius 1 is 1.27 bits per heavy atom. The zero-order chi connectivity index (χ0) is 16.5. The lowest BCUT2D eigenvalue weighted by Gasteiger charge is -2.09. The van der Waals surface area contributed by atoms with Crippen molar-refractivity contribution in [3.05, 3.63) is 62.9 Å². The number of nitrogens with one attached hydrogen (secondary N) is 1. The van der Waals surface area contributed by atoms with Gasteiger partial charge in [0.25, 0.3) is 15.7 Å². The van der Waals surface area contributed by atoms with E-state index in [0.29, 0.717) is 0 Å². The Labute approximate surface area is 130 Å². The third-order valence-corrected chi connectivity index (χ3v) is 4.63. The fraction of sp³-hybridized carbons (Fsp3) is 0.0769. The van der Waals surface area contributed by atoms with E-state index >= 15 is 0 Å². The largest absolute Gasteiger partial charge is 0.280 e. The standard InChI is InChI=1S/C13H10ClFN2O4S/c1-8-12(14)6-11(7-13(8)17(18)19)22(20,21)16-10-4-2-3-9(15)5-10/h2-7,16H,1H3. The number of benzene rings is 2. The molecule has 0 spiro atoms. The Bertz CT molecular complexity index is 855. The van der Waals surface area contributed by atoms with Crippen molar-refractivity contribution >= 4 is 33.0 Å². The average Bonchev–Trinajstić information content (AvgIpc) is 2.40. The number of hydrogen-bond donors (Lipinski definition) is 1. The van der Waals surface area contributed by atoms with Crippen LogP contribution in [0.15, 0.2) is 41.3 Å². The van der Waals surface area contributed by atoms with Crippen molar-refractivity contribution in [3.8, 4) is 0 Å². The highest BCUT2D eigenvalue weighted by Gasteiger charge is 2.22. The Morgan fingerprint density at radius 3 is 2.55 bits per heavy atom. The summed E-state index contributed by atoms with van der Waals surface area (Å²) in [5.74, 6) is -0.617. The number of nitro groups is 1. The number of sulfonamides is 1. The molecule has 0 fully saturated rings. The molecule has 22 heavy (non-hydrogen) atoms. The first-order valence-corrected chi connectivity index (χ1v) is 7.80. The smallest absolute Gasteiger partial charge is 0.275 e. The molecule has 0 heterocycles. The molecule has 0 aliphatic rings. The fourth-order valence-corrected chi connectivity index (χ4v) is 3.12. The van der Waals surface area contributed by atoms with E-state index in [1.54, 1.807) is 0 Å². The topological polar surface area (TPSA) is 89.3 Å². The van der Waals surface area contributed by atoms with Crippen LogP contribution in [0.25, 0.3) is 0 Å². The predicted molar refractivity (Wildman–Crippen MR) is 80.1 cm³/mol.